The Balaban J connectivity index is 1.61. The average Bonchev–Trinajstić information content (AvgIpc) is 3.25. The van der Waals surface area contributed by atoms with E-state index in [0.29, 0.717) is 12.5 Å². The molecule has 1 saturated carbocycles. The van der Waals surface area contributed by atoms with Gasteiger partial charge < -0.3 is 15.5 Å². The van der Waals surface area contributed by atoms with Crippen molar-refractivity contribution in [3.63, 3.8) is 0 Å². The Morgan fingerprint density at radius 2 is 1.73 bits per heavy atom. The summed E-state index contributed by atoms with van der Waals surface area (Å²) in [5.74, 6) is 0.905. The van der Waals surface area contributed by atoms with Crippen LogP contribution in [0.5, 0.6) is 0 Å². The van der Waals surface area contributed by atoms with Crippen LogP contribution in [0.1, 0.15) is 52.9 Å². The van der Waals surface area contributed by atoms with Gasteiger partial charge in [-0.05, 0) is 43.6 Å². The lowest BCUT2D eigenvalue weighted by atomic mass is 9.92. The van der Waals surface area contributed by atoms with Crippen LogP contribution in [0.3, 0.4) is 0 Å². The van der Waals surface area contributed by atoms with Crippen LogP contribution < -0.4 is 10.6 Å². The second-order valence-electron chi connectivity index (χ2n) is 8.02. The topological polar surface area (TPSA) is 61.4 Å². The van der Waals surface area contributed by atoms with E-state index in [0.717, 1.165) is 38.4 Å². The standard InChI is InChI=1S/C17H31N3O2/c1-17(2,3)10-15(21)19-12-16(22)20-8-6-14(7-9-20)18-11-13-4-5-13/h13-14,18H,4-12H2,1-3H3,(H,19,21). The minimum Gasteiger partial charge on any atom is -0.347 e. The fourth-order valence-electron chi connectivity index (χ4n) is 2.82. The van der Waals surface area contributed by atoms with E-state index in [4.69, 9.17) is 0 Å². The van der Waals surface area contributed by atoms with Crippen molar-refractivity contribution in [2.45, 2.75) is 58.9 Å². The quantitative estimate of drug-likeness (QED) is 0.782. The lowest BCUT2D eigenvalue weighted by Gasteiger charge is -2.32. The molecule has 0 unspecified atom stereocenters. The number of hydrogen-bond acceptors (Lipinski definition) is 3. The Morgan fingerprint density at radius 1 is 1.09 bits per heavy atom. The molecule has 0 radical (unpaired) electrons. The molecule has 0 aromatic rings. The van der Waals surface area contributed by atoms with Gasteiger partial charge in [-0.25, -0.2) is 0 Å². The Morgan fingerprint density at radius 3 is 2.27 bits per heavy atom. The highest BCUT2D eigenvalue weighted by molar-refractivity contribution is 5.85. The van der Waals surface area contributed by atoms with Gasteiger partial charge in [0.15, 0.2) is 0 Å². The third-order valence-corrected chi connectivity index (χ3v) is 4.37. The molecular weight excluding hydrogens is 278 g/mol. The lowest BCUT2D eigenvalue weighted by Crippen LogP contribution is -2.48. The third kappa shape index (κ3) is 6.34. The first-order valence-corrected chi connectivity index (χ1v) is 8.61. The molecule has 2 fully saturated rings. The summed E-state index contributed by atoms with van der Waals surface area (Å²) in [6.07, 6.45) is 5.24. The highest BCUT2D eigenvalue weighted by Crippen LogP contribution is 2.28. The molecule has 1 heterocycles. The largest absolute Gasteiger partial charge is 0.347 e. The van der Waals surface area contributed by atoms with Crippen molar-refractivity contribution in [2.24, 2.45) is 11.3 Å². The maximum Gasteiger partial charge on any atom is 0.241 e. The zero-order chi connectivity index (χ0) is 16.2. The van der Waals surface area contributed by atoms with Crippen molar-refractivity contribution in [3.8, 4) is 0 Å². The summed E-state index contributed by atoms with van der Waals surface area (Å²) in [5.41, 5.74) is -0.0430. The normalized spacial score (nSPS) is 20.0. The van der Waals surface area contributed by atoms with Crippen molar-refractivity contribution in [1.82, 2.24) is 15.5 Å². The summed E-state index contributed by atoms with van der Waals surface area (Å²) >= 11 is 0. The summed E-state index contributed by atoms with van der Waals surface area (Å²) in [6.45, 7) is 8.94. The van der Waals surface area contributed by atoms with E-state index in [2.05, 4.69) is 10.6 Å². The van der Waals surface area contributed by atoms with Gasteiger partial charge in [-0.1, -0.05) is 20.8 Å². The number of piperidine rings is 1. The summed E-state index contributed by atoms with van der Waals surface area (Å²) in [6, 6.07) is 0.556. The number of carbonyl (C=O) groups excluding carboxylic acids is 2. The molecular formula is C17H31N3O2. The van der Waals surface area contributed by atoms with E-state index in [9.17, 15) is 9.59 Å². The van der Waals surface area contributed by atoms with E-state index in [1.54, 1.807) is 0 Å². The lowest BCUT2D eigenvalue weighted by molar-refractivity contribution is -0.134. The van der Waals surface area contributed by atoms with Crippen LogP contribution in [0.2, 0.25) is 0 Å². The van der Waals surface area contributed by atoms with Crippen LogP contribution in [0.25, 0.3) is 0 Å². The SMILES string of the molecule is CC(C)(C)CC(=O)NCC(=O)N1CCC(NCC2CC2)CC1. The van der Waals surface area contributed by atoms with Gasteiger partial charge in [0.1, 0.15) is 0 Å². The van der Waals surface area contributed by atoms with Crippen molar-refractivity contribution >= 4 is 11.8 Å². The molecule has 126 valence electrons. The molecule has 5 heteroatoms. The molecule has 0 aromatic heterocycles. The number of rotatable bonds is 6. The smallest absolute Gasteiger partial charge is 0.241 e. The Bertz CT molecular complexity index is 391. The minimum atomic E-state index is -0.0430. The first-order chi connectivity index (χ1) is 10.3. The summed E-state index contributed by atoms with van der Waals surface area (Å²) in [4.78, 5) is 25.8. The van der Waals surface area contributed by atoms with Crippen LogP contribution >= 0.6 is 0 Å². The van der Waals surface area contributed by atoms with Crippen molar-refractivity contribution in [3.05, 3.63) is 0 Å². The summed E-state index contributed by atoms with van der Waals surface area (Å²) in [5, 5.41) is 6.36. The molecule has 0 bridgehead atoms. The van der Waals surface area contributed by atoms with Gasteiger partial charge in [0, 0.05) is 25.6 Å². The predicted molar refractivity (Wildman–Crippen MR) is 87.4 cm³/mol. The summed E-state index contributed by atoms with van der Waals surface area (Å²) < 4.78 is 0. The van der Waals surface area contributed by atoms with Gasteiger partial charge >= 0.3 is 0 Å². The molecule has 2 N–H and O–H groups in total. The molecule has 2 rings (SSSR count). The number of hydrogen-bond donors (Lipinski definition) is 2. The van der Waals surface area contributed by atoms with Crippen LogP contribution in [-0.2, 0) is 9.59 Å². The zero-order valence-corrected chi connectivity index (χ0v) is 14.3. The number of nitrogens with one attached hydrogen (secondary N) is 2. The number of carbonyl (C=O) groups is 2. The highest BCUT2D eigenvalue weighted by atomic mass is 16.2. The van der Waals surface area contributed by atoms with Gasteiger partial charge in [0.05, 0.1) is 6.54 Å². The van der Waals surface area contributed by atoms with E-state index in [1.807, 2.05) is 25.7 Å². The zero-order valence-electron chi connectivity index (χ0n) is 14.3. The van der Waals surface area contributed by atoms with Crippen molar-refractivity contribution in [1.29, 1.82) is 0 Å². The van der Waals surface area contributed by atoms with Gasteiger partial charge in [0.25, 0.3) is 0 Å². The molecule has 5 nitrogen and oxygen atoms in total. The first-order valence-electron chi connectivity index (χ1n) is 8.61. The second-order valence-corrected chi connectivity index (χ2v) is 8.02. The molecule has 2 aliphatic rings. The number of amides is 2. The van der Waals surface area contributed by atoms with Crippen LogP contribution in [-0.4, -0.2) is 48.9 Å². The Labute approximate surface area is 134 Å². The third-order valence-electron chi connectivity index (χ3n) is 4.37. The molecule has 0 atom stereocenters. The molecule has 0 aromatic carbocycles. The molecule has 1 aliphatic carbocycles. The fourth-order valence-corrected chi connectivity index (χ4v) is 2.82. The fraction of sp³-hybridized carbons (Fsp3) is 0.882. The van der Waals surface area contributed by atoms with Crippen LogP contribution in [0.4, 0.5) is 0 Å². The van der Waals surface area contributed by atoms with Gasteiger partial charge in [0.2, 0.25) is 11.8 Å². The molecule has 22 heavy (non-hydrogen) atoms. The predicted octanol–water partition coefficient (Wildman–Crippen LogP) is 1.53. The number of nitrogens with zero attached hydrogens (tertiary/aromatic N) is 1. The summed E-state index contributed by atoms with van der Waals surface area (Å²) in [7, 11) is 0. The van der Waals surface area contributed by atoms with Crippen molar-refractivity contribution in [2.75, 3.05) is 26.2 Å². The first kappa shape index (κ1) is 17.3. The van der Waals surface area contributed by atoms with Gasteiger partial charge in [-0.3, -0.25) is 9.59 Å². The monoisotopic (exact) mass is 309 g/mol. The molecule has 0 spiro atoms. The van der Waals surface area contributed by atoms with E-state index < -0.39 is 0 Å². The van der Waals surface area contributed by atoms with E-state index >= 15 is 0 Å². The maximum absolute atomic E-state index is 12.1. The second kappa shape index (κ2) is 7.44. The van der Waals surface area contributed by atoms with Crippen molar-refractivity contribution < 1.29 is 9.59 Å². The Hall–Kier alpha value is -1.10. The number of likely N-dealkylation sites (tertiary alicyclic amines) is 1. The molecule has 2 amide bonds. The molecule has 1 saturated heterocycles. The van der Waals surface area contributed by atoms with Gasteiger partial charge in [-0.2, -0.15) is 0 Å². The van der Waals surface area contributed by atoms with E-state index in [-0.39, 0.29) is 23.8 Å². The average molecular weight is 309 g/mol. The van der Waals surface area contributed by atoms with Crippen LogP contribution in [0.15, 0.2) is 0 Å². The minimum absolute atomic E-state index is 0.0400. The molecule has 1 aliphatic heterocycles. The maximum atomic E-state index is 12.1. The van der Waals surface area contributed by atoms with Gasteiger partial charge in [-0.15, -0.1) is 0 Å². The Kier molecular flexibility index (Phi) is 5.84. The van der Waals surface area contributed by atoms with E-state index in [1.165, 1.54) is 12.8 Å². The highest BCUT2D eigenvalue weighted by Gasteiger charge is 2.26. The van der Waals surface area contributed by atoms with Crippen LogP contribution in [0, 0.1) is 11.3 Å².